The minimum atomic E-state index is 0.212. The third-order valence-corrected chi connectivity index (χ3v) is 2.64. The standard InChI is InChI=1S/C11H21N3O/c1-5-6-10(15-4)11(12-2)9-7-13-14(3)8-9/h7-8,10-12H,5-6H2,1-4H3. The number of hydrogen-bond donors (Lipinski definition) is 1. The second kappa shape index (κ2) is 5.88. The molecule has 0 aliphatic carbocycles. The molecule has 4 heteroatoms. The van der Waals surface area contributed by atoms with E-state index in [-0.39, 0.29) is 12.1 Å². The Kier molecular flexibility index (Phi) is 4.78. The number of likely N-dealkylation sites (N-methyl/N-ethyl adjacent to an activating group) is 1. The van der Waals surface area contributed by atoms with Crippen molar-refractivity contribution >= 4 is 0 Å². The number of aryl methyl sites for hydroxylation is 1. The van der Waals surface area contributed by atoms with Gasteiger partial charge in [-0.2, -0.15) is 5.10 Å². The van der Waals surface area contributed by atoms with Gasteiger partial charge in [0.25, 0.3) is 0 Å². The summed E-state index contributed by atoms with van der Waals surface area (Å²) in [5.41, 5.74) is 1.18. The summed E-state index contributed by atoms with van der Waals surface area (Å²) in [6.45, 7) is 2.17. The predicted molar refractivity (Wildman–Crippen MR) is 60.7 cm³/mol. The molecule has 1 N–H and O–H groups in total. The van der Waals surface area contributed by atoms with Gasteiger partial charge < -0.3 is 10.1 Å². The molecule has 2 unspecified atom stereocenters. The van der Waals surface area contributed by atoms with E-state index < -0.39 is 0 Å². The monoisotopic (exact) mass is 211 g/mol. The van der Waals surface area contributed by atoms with Gasteiger partial charge in [0, 0.05) is 25.9 Å². The first-order valence-electron chi connectivity index (χ1n) is 5.41. The van der Waals surface area contributed by atoms with E-state index in [1.54, 1.807) is 7.11 Å². The number of nitrogens with one attached hydrogen (secondary N) is 1. The van der Waals surface area contributed by atoms with Gasteiger partial charge in [-0.3, -0.25) is 4.68 Å². The van der Waals surface area contributed by atoms with Gasteiger partial charge in [0.05, 0.1) is 18.3 Å². The fourth-order valence-electron chi connectivity index (χ4n) is 1.87. The third kappa shape index (κ3) is 3.04. The molecule has 0 bridgehead atoms. The number of rotatable bonds is 6. The summed E-state index contributed by atoms with van der Waals surface area (Å²) in [6, 6.07) is 0.226. The molecule has 4 nitrogen and oxygen atoms in total. The predicted octanol–water partition coefficient (Wildman–Crippen LogP) is 1.50. The van der Waals surface area contributed by atoms with Crippen LogP contribution in [0.4, 0.5) is 0 Å². The van der Waals surface area contributed by atoms with Crippen molar-refractivity contribution in [2.45, 2.75) is 31.9 Å². The Labute approximate surface area is 91.6 Å². The van der Waals surface area contributed by atoms with Gasteiger partial charge in [-0.05, 0) is 13.5 Å². The maximum atomic E-state index is 5.51. The lowest BCUT2D eigenvalue weighted by Gasteiger charge is -2.24. The van der Waals surface area contributed by atoms with Crippen molar-refractivity contribution in [3.63, 3.8) is 0 Å². The van der Waals surface area contributed by atoms with Crippen LogP contribution in [-0.4, -0.2) is 30.0 Å². The molecule has 86 valence electrons. The van der Waals surface area contributed by atoms with Crippen molar-refractivity contribution in [2.75, 3.05) is 14.2 Å². The van der Waals surface area contributed by atoms with Crippen LogP contribution in [0.5, 0.6) is 0 Å². The Bertz CT molecular complexity index is 285. The molecular weight excluding hydrogens is 190 g/mol. The van der Waals surface area contributed by atoms with E-state index in [9.17, 15) is 0 Å². The highest BCUT2D eigenvalue weighted by Gasteiger charge is 2.21. The van der Waals surface area contributed by atoms with Gasteiger partial charge in [0.15, 0.2) is 0 Å². The number of methoxy groups -OCH3 is 1. The zero-order valence-corrected chi connectivity index (χ0v) is 10.0. The highest BCUT2D eigenvalue weighted by atomic mass is 16.5. The fraction of sp³-hybridized carbons (Fsp3) is 0.727. The molecule has 0 saturated heterocycles. The Morgan fingerprint density at radius 2 is 2.33 bits per heavy atom. The molecule has 0 aromatic carbocycles. The molecule has 1 rings (SSSR count). The van der Waals surface area contributed by atoms with Gasteiger partial charge in [0.1, 0.15) is 0 Å². The normalized spacial score (nSPS) is 15.2. The largest absolute Gasteiger partial charge is 0.379 e. The zero-order valence-electron chi connectivity index (χ0n) is 10.0. The summed E-state index contributed by atoms with van der Waals surface area (Å²) in [5.74, 6) is 0. The van der Waals surface area contributed by atoms with Gasteiger partial charge in [0.2, 0.25) is 0 Å². The van der Waals surface area contributed by atoms with Crippen LogP contribution in [0.3, 0.4) is 0 Å². The Morgan fingerprint density at radius 1 is 1.60 bits per heavy atom. The van der Waals surface area contributed by atoms with Gasteiger partial charge >= 0.3 is 0 Å². The van der Waals surface area contributed by atoms with Crippen LogP contribution < -0.4 is 5.32 Å². The van der Waals surface area contributed by atoms with E-state index in [0.29, 0.717) is 0 Å². The third-order valence-electron chi connectivity index (χ3n) is 2.64. The summed E-state index contributed by atoms with van der Waals surface area (Å²) in [5, 5.41) is 7.47. The molecule has 0 saturated carbocycles. The average Bonchev–Trinajstić information content (AvgIpc) is 2.64. The summed E-state index contributed by atoms with van der Waals surface area (Å²) < 4.78 is 7.33. The smallest absolute Gasteiger partial charge is 0.0766 e. The minimum absolute atomic E-state index is 0.212. The van der Waals surface area contributed by atoms with E-state index in [4.69, 9.17) is 4.74 Å². The first kappa shape index (κ1) is 12.2. The molecule has 0 amide bonds. The number of hydrogen-bond acceptors (Lipinski definition) is 3. The highest BCUT2D eigenvalue weighted by molar-refractivity contribution is 5.12. The lowest BCUT2D eigenvalue weighted by Crippen LogP contribution is -2.30. The van der Waals surface area contributed by atoms with Gasteiger partial charge in [-0.1, -0.05) is 13.3 Å². The molecule has 0 aliphatic heterocycles. The zero-order chi connectivity index (χ0) is 11.3. The van der Waals surface area contributed by atoms with E-state index in [1.165, 1.54) is 5.56 Å². The molecule has 0 fully saturated rings. The SMILES string of the molecule is CCCC(OC)C(NC)c1cnn(C)c1. The van der Waals surface area contributed by atoms with Crippen LogP contribution in [0, 0.1) is 0 Å². The summed E-state index contributed by atoms with van der Waals surface area (Å²) in [7, 11) is 5.65. The number of nitrogens with zero attached hydrogens (tertiary/aromatic N) is 2. The van der Waals surface area contributed by atoms with Crippen LogP contribution >= 0.6 is 0 Å². The second-order valence-corrected chi connectivity index (χ2v) is 3.78. The maximum Gasteiger partial charge on any atom is 0.0766 e. The van der Waals surface area contributed by atoms with Crippen LogP contribution in [0.1, 0.15) is 31.4 Å². The molecular formula is C11H21N3O. The Hall–Kier alpha value is -0.870. The molecule has 2 atom stereocenters. The summed E-state index contributed by atoms with van der Waals surface area (Å²) >= 11 is 0. The average molecular weight is 211 g/mol. The van der Waals surface area contributed by atoms with Gasteiger partial charge in [-0.15, -0.1) is 0 Å². The molecule has 0 aliphatic rings. The molecule has 1 aromatic rings. The maximum absolute atomic E-state index is 5.51. The van der Waals surface area contributed by atoms with Crippen molar-refractivity contribution in [3.8, 4) is 0 Å². The summed E-state index contributed by atoms with van der Waals surface area (Å²) in [4.78, 5) is 0. The lowest BCUT2D eigenvalue weighted by atomic mass is 10.0. The number of aromatic nitrogens is 2. The fourth-order valence-corrected chi connectivity index (χ4v) is 1.87. The molecule has 1 heterocycles. The molecule has 15 heavy (non-hydrogen) atoms. The van der Waals surface area contributed by atoms with Crippen molar-refractivity contribution in [2.24, 2.45) is 7.05 Å². The topological polar surface area (TPSA) is 39.1 Å². The van der Waals surface area contributed by atoms with Crippen molar-refractivity contribution in [3.05, 3.63) is 18.0 Å². The van der Waals surface area contributed by atoms with E-state index >= 15 is 0 Å². The van der Waals surface area contributed by atoms with Crippen molar-refractivity contribution in [1.82, 2.24) is 15.1 Å². The first-order chi connectivity index (χ1) is 7.22. The lowest BCUT2D eigenvalue weighted by molar-refractivity contribution is 0.0630. The van der Waals surface area contributed by atoms with E-state index in [0.717, 1.165) is 12.8 Å². The van der Waals surface area contributed by atoms with Crippen LogP contribution in [0.25, 0.3) is 0 Å². The molecule has 0 radical (unpaired) electrons. The molecule has 0 spiro atoms. The van der Waals surface area contributed by atoms with Crippen molar-refractivity contribution in [1.29, 1.82) is 0 Å². The van der Waals surface area contributed by atoms with E-state index in [2.05, 4.69) is 17.3 Å². The highest BCUT2D eigenvalue weighted by Crippen LogP contribution is 2.21. The minimum Gasteiger partial charge on any atom is -0.379 e. The number of ether oxygens (including phenoxy) is 1. The van der Waals surface area contributed by atoms with Crippen LogP contribution in [-0.2, 0) is 11.8 Å². The summed E-state index contributed by atoms with van der Waals surface area (Å²) in [6.07, 6.45) is 6.31. The Balaban J connectivity index is 2.76. The van der Waals surface area contributed by atoms with Crippen LogP contribution in [0.2, 0.25) is 0 Å². The van der Waals surface area contributed by atoms with Crippen molar-refractivity contribution < 1.29 is 4.74 Å². The Morgan fingerprint density at radius 3 is 2.73 bits per heavy atom. The quantitative estimate of drug-likeness (QED) is 0.775. The molecule has 1 aromatic heterocycles. The first-order valence-corrected chi connectivity index (χ1v) is 5.41. The second-order valence-electron chi connectivity index (χ2n) is 3.78. The van der Waals surface area contributed by atoms with Crippen LogP contribution in [0.15, 0.2) is 12.4 Å². The van der Waals surface area contributed by atoms with Gasteiger partial charge in [-0.25, -0.2) is 0 Å². The van der Waals surface area contributed by atoms with E-state index in [1.807, 2.05) is 31.2 Å².